The van der Waals surface area contributed by atoms with Crippen molar-refractivity contribution < 1.29 is 4.79 Å². The third-order valence-corrected chi connectivity index (χ3v) is 1.06. The highest BCUT2D eigenvalue weighted by atomic mass is 16.1. The van der Waals surface area contributed by atoms with Crippen molar-refractivity contribution in [2.45, 2.75) is 0 Å². The van der Waals surface area contributed by atoms with Crippen molar-refractivity contribution in [3.8, 4) is 0 Å². The van der Waals surface area contributed by atoms with E-state index in [1.165, 1.54) is 0 Å². The minimum atomic E-state index is -0.388. The van der Waals surface area contributed by atoms with E-state index in [1.54, 1.807) is 18.4 Å². The first-order chi connectivity index (χ1) is 4.30. The second-order valence-corrected chi connectivity index (χ2v) is 1.70. The monoisotopic (exact) mass is 123 g/mol. The summed E-state index contributed by atoms with van der Waals surface area (Å²) in [5.41, 5.74) is 5.51. The molecule has 2 N–H and O–H groups in total. The Kier molecular flexibility index (Phi) is 1.53. The molecule has 9 heavy (non-hydrogen) atoms. The lowest BCUT2D eigenvalue weighted by atomic mass is 10.2. The lowest BCUT2D eigenvalue weighted by Gasteiger charge is -2.00. The molecule has 0 saturated carbocycles. The van der Waals surface area contributed by atoms with E-state index in [4.69, 9.17) is 5.73 Å². The number of primary amides is 1. The number of carbonyl (C=O) groups is 1. The summed E-state index contributed by atoms with van der Waals surface area (Å²) >= 11 is 0. The van der Waals surface area contributed by atoms with Crippen LogP contribution in [0.1, 0.15) is 0 Å². The predicted molar refractivity (Wildman–Crippen MR) is 33.4 cm³/mol. The standard InChI is InChI=1S/C6H7N2O/c7-6(9)5-1-3-8-4-2-5/h1-3H,4H2,(H2,7,9). The number of hydrogen-bond donors (Lipinski definition) is 1. The maximum absolute atomic E-state index is 10.4. The molecule has 1 heterocycles. The van der Waals surface area contributed by atoms with Crippen LogP contribution in [0.5, 0.6) is 0 Å². The quantitative estimate of drug-likeness (QED) is 0.503. The summed E-state index contributed by atoms with van der Waals surface area (Å²) in [6.45, 7) is 0.564. The topological polar surface area (TPSA) is 57.2 Å². The molecule has 0 aromatic rings. The summed E-state index contributed by atoms with van der Waals surface area (Å²) in [6.07, 6.45) is 4.88. The van der Waals surface area contributed by atoms with Gasteiger partial charge in [0.2, 0.25) is 5.91 Å². The molecule has 1 amide bonds. The highest BCUT2D eigenvalue weighted by Crippen LogP contribution is 1.98. The molecular weight excluding hydrogens is 116 g/mol. The Hall–Kier alpha value is -1.25. The molecule has 0 bridgehead atoms. The number of rotatable bonds is 1. The van der Waals surface area contributed by atoms with Crippen molar-refractivity contribution in [2.75, 3.05) is 6.54 Å². The van der Waals surface area contributed by atoms with Crippen molar-refractivity contribution in [3.05, 3.63) is 23.9 Å². The fraction of sp³-hybridized carbons (Fsp3) is 0.167. The minimum absolute atomic E-state index is 0.388. The van der Waals surface area contributed by atoms with Crippen molar-refractivity contribution in [3.63, 3.8) is 0 Å². The zero-order valence-electron chi connectivity index (χ0n) is 4.87. The fourth-order valence-electron chi connectivity index (χ4n) is 0.596. The van der Waals surface area contributed by atoms with Gasteiger partial charge in [-0.25, -0.2) is 0 Å². The largest absolute Gasteiger partial charge is 0.366 e. The number of hydrogen-bond acceptors (Lipinski definition) is 1. The molecule has 3 nitrogen and oxygen atoms in total. The third-order valence-electron chi connectivity index (χ3n) is 1.06. The van der Waals surface area contributed by atoms with Gasteiger partial charge in [0.05, 0.1) is 6.54 Å². The van der Waals surface area contributed by atoms with Crippen LogP contribution in [0.15, 0.2) is 23.9 Å². The zero-order chi connectivity index (χ0) is 6.69. The molecule has 0 saturated heterocycles. The summed E-state index contributed by atoms with van der Waals surface area (Å²) in [7, 11) is 0. The van der Waals surface area contributed by atoms with Gasteiger partial charge in [0.1, 0.15) is 0 Å². The molecule has 1 aliphatic rings. The van der Waals surface area contributed by atoms with Crippen LogP contribution in [-0.4, -0.2) is 12.5 Å². The predicted octanol–water partition coefficient (Wildman–Crippen LogP) is -0.470. The number of carbonyl (C=O) groups excluding carboxylic acids is 1. The Balaban J connectivity index is 2.69. The van der Waals surface area contributed by atoms with Gasteiger partial charge in [-0.3, -0.25) is 10.1 Å². The fourth-order valence-corrected chi connectivity index (χ4v) is 0.596. The van der Waals surface area contributed by atoms with Gasteiger partial charge in [-0.05, 0) is 6.08 Å². The Labute approximate surface area is 53.2 Å². The van der Waals surface area contributed by atoms with Crippen molar-refractivity contribution >= 4 is 5.91 Å². The first kappa shape index (κ1) is 5.88. The van der Waals surface area contributed by atoms with Gasteiger partial charge in [0.15, 0.2) is 0 Å². The number of nitrogens with zero attached hydrogens (tertiary/aromatic N) is 1. The second kappa shape index (κ2) is 2.35. The van der Waals surface area contributed by atoms with Crippen molar-refractivity contribution in [2.24, 2.45) is 5.73 Å². The van der Waals surface area contributed by atoms with Crippen molar-refractivity contribution in [1.82, 2.24) is 5.32 Å². The first-order valence-electron chi connectivity index (χ1n) is 2.64. The normalized spacial score (nSPS) is 16.2. The van der Waals surface area contributed by atoms with Gasteiger partial charge in [-0.1, -0.05) is 6.08 Å². The van der Waals surface area contributed by atoms with E-state index in [1.807, 2.05) is 0 Å². The molecule has 0 spiro atoms. The van der Waals surface area contributed by atoms with Gasteiger partial charge in [-0.15, -0.1) is 0 Å². The lowest BCUT2D eigenvalue weighted by Crippen LogP contribution is -2.16. The van der Waals surface area contributed by atoms with E-state index < -0.39 is 0 Å². The Morgan fingerprint density at radius 3 is 2.89 bits per heavy atom. The summed E-state index contributed by atoms with van der Waals surface area (Å²) in [6, 6.07) is 0. The van der Waals surface area contributed by atoms with Crippen LogP contribution in [0.2, 0.25) is 0 Å². The van der Waals surface area contributed by atoms with Crippen molar-refractivity contribution in [1.29, 1.82) is 0 Å². The zero-order valence-corrected chi connectivity index (χ0v) is 4.87. The molecule has 0 aliphatic carbocycles. The van der Waals surface area contributed by atoms with Gasteiger partial charge in [0.25, 0.3) is 0 Å². The van der Waals surface area contributed by atoms with E-state index >= 15 is 0 Å². The molecular formula is C6H7N2O. The highest BCUT2D eigenvalue weighted by molar-refractivity contribution is 5.94. The molecule has 1 rings (SSSR count). The molecule has 47 valence electrons. The van der Waals surface area contributed by atoms with Crippen LogP contribution in [0.4, 0.5) is 0 Å². The average molecular weight is 123 g/mol. The van der Waals surface area contributed by atoms with Crippen LogP contribution in [0.3, 0.4) is 0 Å². The van der Waals surface area contributed by atoms with E-state index in [-0.39, 0.29) is 5.91 Å². The van der Waals surface area contributed by atoms with Gasteiger partial charge < -0.3 is 5.73 Å². The molecule has 0 aromatic heterocycles. The third kappa shape index (κ3) is 1.32. The van der Waals surface area contributed by atoms with Crippen LogP contribution in [0.25, 0.3) is 0 Å². The second-order valence-electron chi connectivity index (χ2n) is 1.70. The van der Waals surface area contributed by atoms with Crippen LogP contribution in [-0.2, 0) is 4.79 Å². The molecule has 0 aromatic carbocycles. The summed E-state index contributed by atoms with van der Waals surface area (Å²) in [4.78, 5) is 10.4. The number of nitrogens with two attached hydrogens (primary N) is 1. The van der Waals surface area contributed by atoms with Crippen LogP contribution < -0.4 is 11.1 Å². The first-order valence-corrected chi connectivity index (χ1v) is 2.64. The number of amides is 1. The Bertz CT molecular complexity index is 181. The van der Waals surface area contributed by atoms with E-state index in [0.717, 1.165) is 0 Å². The van der Waals surface area contributed by atoms with E-state index in [2.05, 4.69) is 5.32 Å². The Morgan fingerprint density at radius 2 is 2.56 bits per heavy atom. The van der Waals surface area contributed by atoms with Gasteiger partial charge in [-0.2, -0.15) is 0 Å². The molecule has 3 heteroatoms. The lowest BCUT2D eigenvalue weighted by molar-refractivity contribution is -0.114. The van der Waals surface area contributed by atoms with Crippen LogP contribution in [0, 0.1) is 0 Å². The summed E-state index contributed by atoms with van der Waals surface area (Å²) in [5.74, 6) is -0.388. The minimum Gasteiger partial charge on any atom is -0.366 e. The van der Waals surface area contributed by atoms with Crippen LogP contribution >= 0.6 is 0 Å². The highest BCUT2D eigenvalue weighted by Gasteiger charge is 2.01. The molecule has 0 unspecified atom stereocenters. The molecule has 1 aliphatic heterocycles. The maximum Gasteiger partial charge on any atom is 0.248 e. The summed E-state index contributed by atoms with van der Waals surface area (Å²) in [5, 5.41) is 3.84. The Morgan fingerprint density at radius 1 is 1.78 bits per heavy atom. The smallest absolute Gasteiger partial charge is 0.248 e. The molecule has 0 atom stereocenters. The maximum atomic E-state index is 10.4. The SMILES string of the molecule is NC(=O)C1=CC[N]C=C1. The van der Waals surface area contributed by atoms with E-state index in [0.29, 0.717) is 12.1 Å². The van der Waals surface area contributed by atoms with Gasteiger partial charge >= 0.3 is 0 Å². The van der Waals surface area contributed by atoms with E-state index in [9.17, 15) is 4.79 Å². The summed E-state index contributed by atoms with van der Waals surface area (Å²) < 4.78 is 0. The molecule has 1 radical (unpaired) electrons. The average Bonchev–Trinajstić information content (AvgIpc) is 1.90. The van der Waals surface area contributed by atoms with Gasteiger partial charge in [0, 0.05) is 11.8 Å². The molecule has 0 fully saturated rings.